The number of amides is 2. The topological polar surface area (TPSA) is 64.1 Å². The Labute approximate surface area is 257 Å². The summed E-state index contributed by atoms with van der Waals surface area (Å²) < 4.78 is 95.1. The third-order valence-corrected chi connectivity index (χ3v) is 9.22. The number of benzene rings is 2. The number of nitrogens with zero attached hydrogens (tertiary/aromatic N) is 3. The van der Waals surface area contributed by atoms with Crippen molar-refractivity contribution in [3.8, 4) is 0 Å². The molecule has 1 N–H and O–H groups in total. The second-order valence-corrected chi connectivity index (χ2v) is 12.4. The molecule has 45 heavy (non-hydrogen) atoms. The Morgan fingerprint density at radius 2 is 1.51 bits per heavy atom. The van der Waals surface area contributed by atoms with E-state index >= 15 is 0 Å². The molecule has 1 saturated carbocycles. The number of aliphatic carboxylic acids is 1. The summed E-state index contributed by atoms with van der Waals surface area (Å²) in [7, 11) is 1.34. The van der Waals surface area contributed by atoms with Gasteiger partial charge < -0.3 is 14.9 Å². The molecule has 4 rings (SSSR count). The predicted molar refractivity (Wildman–Crippen MR) is 153 cm³/mol. The predicted octanol–water partition coefficient (Wildman–Crippen LogP) is 7.92. The summed E-state index contributed by atoms with van der Waals surface area (Å²) in [5, 5.41) is 9.11. The van der Waals surface area contributed by atoms with E-state index in [-0.39, 0.29) is 30.5 Å². The number of carboxylic acid groups (broad SMARTS) is 1. The van der Waals surface area contributed by atoms with E-state index in [9.17, 15) is 40.3 Å². The van der Waals surface area contributed by atoms with Gasteiger partial charge in [-0.25, -0.2) is 9.18 Å². The number of carbonyl (C=O) groups excluding carboxylic acids is 1. The van der Waals surface area contributed by atoms with Gasteiger partial charge in [0.1, 0.15) is 5.82 Å². The molecule has 1 aliphatic carbocycles. The first-order valence-electron chi connectivity index (χ1n) is 15.0. The van der Waals surface area contributed by atoms with E-state index in [0.717, 1.165) is 37.1 Å². The lowest BCUT2D eigenvalue weighted by atomic mass is 9.80. The van der Waals surface area contributed by atoms with Crippen LogP contribution in [-0.2, 0) is 17.1 Å². The fraction of sp³-hybridized carbons (Fsp3) is 0.562. The molecule has 2 aromatic rings. The van der Waals surface area contributed by atoms with Crippen LogP contribution in [0, 0.1) is 24.6 Å². The van der Waals surface area contributed by atoms with E-state index in [1.54, 1.807) is 17.9 Å². The van der Waals surface area contributed by atoms with Gasteiger partial charge >= 0.3 is 24.4 Å². The van der Waals surface area contributed by atoms with E-state index in [0.29, 0.717) is 42.3 Å². The van der Waals surface area contributed by atoms with Gasteiger partial charge in [0.15, 0.2) is 0 Å². The molecule has 1 saturated heterocycles. The molecule has 0 unspecified atom stereocenters. The molecular formula is C32H38F7N3O3. The van der Waals surface area contributed by atoms with Crippen LogP contribution < -0.4 is 0 Å². The first-order chi connectivity index (χ1) is 20.9. The van der Waals surface area contributed by atoms with Crippen LogP contribution >= 0.6 is 0 Å². The van der Waals surface area contributed by atoms with Gasteiger partial charge in [0.05, 0.1) is 23.2 Å². The Hall–Kier alpha value is -3.35. The maximum Gasteiger partial charge on any atom is 0.416 e. The average Bonchev–Trinajstić information content (AvgIpc) is 2.95. The highest BCUT2D eigenvalue weighted by Crippen LogP contribution is 2.39. The van der Waals surface area contributed by atoms with Crippen LogP contribution in [0.15, 0.2) is 36.4 Å². The maximum absolute atomic E-state index is 14.0. The standard InChI is InChI=1S/C32H38F7N3O3/c1-19-12-26(33)8-9-27(19)28-18-41(17-22-6-4-21(5-7-22)13-29(43)44)10-11-42(28)30(45)40(3)20(2)23-14-24(31(34,35)36)16-25(15-23)32(37,38)39/h8-9,12,14-16,20-22,28H,4-7,10-11,13,17-18H2,1-3H3,(H,43,44)/t20-,21-,22-,28-/m1/s1. The minimum Gasteiger partial charge on any atom is -0.481 e. The summed E-state index contributed by atoms with van der Waals surface area (Å²) in [6.07, 6.45) is -6.47. The van der Waals surface area contributed by atoms with Crippen LogP contribution in [0.2, 0.25) is 0 Å². The van der Waals surface area contributed by atoms with E-state index in [1.807, 2.05) is 0 Å². The zero-order valence-electron chi connectivity index (χ0n) is 25.4. The summed E-state index contributed by atoms with van der Waals surface area (Å²) >= 11 is 0. The zero-order chi connectivity index (χ0) is 33.3. The fourth-order valence-electron chi connectivity index (χ4n) is 6.56. The number of carbonyl (C=O) groups is 2. The van der Waals surface area contributed by atoms with Crippen molar-refractivity contribution in [3.63, 3.8) is 0 Å². The molecule has 0 aromatic heterocycles. The van der Waals surface area contributed by atoms with Gasteiger partial charge in [-0.05, 0) is 98.4 Å². The van der Waals surface area contributed by atoms with Crippen molar-refractivity contribution in [1.82, 2.24) is 14.7 Å². The van der Waals surface area contributed by atoms with Crippen molar-refractivity contribution >= 4 is 12.0 Å². The number of carboxylic acids is 1. The van der Waals surface area contributed by atoms with Gasteiger partial charge in [-0.1, -0.05) is 6.07 Å². The van der Waals surface area contributed by atoms with Crippen molar-refractivity contribution < 1.29 is 45.4 Å². The first kappa shape index (κ1) is 34.5. The number of aryl methyl sites for hydroxylation is 1. The van der Waals surface area contributed by atoms with E-state index in [4.69, 9.17) is 5.11 Å². The molecule has 0 spiro atoms. The molecule has 13 heteroatoms. The van der Waals surface area contributed by atoms with Crippen LogP contribution in [0.3, 0.4) is 0 Å². The van der Waals surface area contributed by atoms with Gasteiger partial charge in [0, 0.05) is 39.6 Å². The van der Waals surface area contributed by atoms with Crippen LogP contribution in [-0.4, -0.2) is 65.0 Å². The number of hydrogen-bond donors (Lipinski definition) is 1. The largest absolute Gasteiger partial charge is 0.481 e. The summed E-state index contributed by atoms with van der Waals surface area (Å²) in [4.78, 5) is 29.9. The highest BCUT2D eigenvalue weighted by Gasteiger charge is 2.39. The summed E-state index contributed by atoms with van der Waals surface area (Å²) in [6.45, 7) is 4.95. The molecule has 2 aliphatic rings. The lowest BCUT2D eigenvalue weighted by Crippen LogP contribution is -2.54. The Morgan fingerprint density at radius 3 is 2.04 bits per heavy atom. The van der Waals surface area contributed by atoms with Crippen LogP contribution in [0.25, 0.3) is 0 Å². The van der Waals surface area contributed by atoms with Crippen molar-refractivity contribution in [3.05, 3.63) is 70.0 Å². The highest BCUT2D eigenvalue weighted by molar-refractivity contribution is 5.75. The monoisotopic (exact) mass is 645 g/mol. The van der Waals surface area contributed by atoms with Gasteiger partial charge in [-0.2, -0.15) is 26.3 Å². The average molecular weight is 646 g/mol. The molecular weight excluding hydrogens is 607 g/mol. The zero-order valence-corrected chi connectivity index (χ0v) is 25.4. The minimum atomic E-state index is -5.02. The van der Waals surface area contributed by atoms with Crippen molar-refractivity contribution in [2.75, 3.05) is 33.2 Å². The third kappa shape index (κ3) is 8.47. The number of piperazine rings is 1. The van der Waals surface area contributed by atoms with Gasteiger partial charge in [0.2, 0.25) is 0 Å². The van der Waals surface area contributed by atoms with Gasteiger partial charge in [-0.15, -0.1) is 0 Å². The second-order valence-electron chi connectivity index (χ2n) is 12.4. The van der Waals surface area contributed by atoms with Crippen molar-refractivity contribution in [1.29, 1.82) is 0 Å². The second kappa shape index (κ2) is 13.6. The number of urea groups is 1. The molecule has 2 atom stereocenters. The third-order valence-electron chi connectivity index (χ3n) is 9.22. The molecule has 1 heterocycles. The minimum absolute atomic E-state index is 0.0588. The highest BCUT2D eigenvalue weighted by atomic mass is 19.4. The summed E-state index contributed by atoms with van der Waals surface area (Å²) in [5.41, 5.74) is -1.91. The quantitative estimate of drug-likeness (QED) is 0.311. The fourth-order valence-corrected chi connectivity index (χ4v) is 6.56. The molecule has 0 bridgehead atoms. The smallest absolute Gasteiger partial charge is 0.416 e. The normalized spacial score (nSPS) is 22.3. The van der Waals surface area contributed by atoms with Crippen LogP contribution in [0.4, 0.5) is 35.5 Å². The Bertz CT molecular complexity index is 1340. The molecule has 2 amide bonds. The summed E-state index contributed by atoms with van der Waals surface area (Å²) in [6, 6.07) is 3.33. The number of halogens is 7. The summed E-state index contributed by atoms with van der Waals surface area (Å²) in [5.74, 6) is -0.747. The van der Waals surface area contributed by atoms with Crippen molar-refractivity contribution in [2.45, 2.75) is 70.4 Å². The van der Waals surface area contributed by atoms with E-state index < -0.39 is 53.4 Å². The Morgan fingerprint density at radius 1 is 0.933 bits per heavy atom. The molecule has 2 aromatic carbocycles. The molecule has 0 radical (unpaired) electrons. The number of alkyl halides is 6. The molecule has 6 nitrogen and oxygen atoms in total. The lowest BCUT2D eigenvalue weighted by molar-refractivity contribution is -0.143. The molecule has 2 fully saturated rings. The molecule has 1 aliphatic heterocycles. The van der Waals surface area contributed by atoms with Crippen LogP contribution in [0.5, 0.6) is 0 Å². The number of hydrogen-bond acceptors (Lipinski definition) is 3. The maximum atomic E-state index is 14.0. The van der Waals surface area contributed by atoms with E-state index in [1.165, 1.54) is 26.1 Å². The molecule has 248 valence electrons. The van der Waals surface area contributed by atoms with Crippen LogP contribution in [0.1, 0.15) is 78.9 Å². The van der Waals surface area contributed by atoms with Gasteiger partial charge in [-0.3, -0.25) is 9.69 Å². The SMILES string of the molecule is Cc1cc(F)ccc1[C@H]1CN(C[C@H]2CC[C@H](CC(=O)O)CC2)CCN1C(=O)N(C)[C@H](C)c1cc(C(F)(F)F)cc(C(F)(F)F)c1. The first-order valence-corrected chi connectivity index (χ1v) is 15.0. The Kier molecular flexibility index (Phi) is 10.4. The van der Waals surface area contributed by atoms with Gasteiger partial charge in [0.25, 0.3) is 0 Å². The lowest BCUT2D eigenvalue weighted by Gasteiger charge is -2.45. The Balaban J connectivity index is 1.56. The van der Waals surface area contributed by atoms with E-state index in [2.05, 4.69) is 4.90 Å². The van der Waals surface area contributed by atoms with Crippen molar-refractivity contribution in [2.24, 2.45) is 11.8 Å². The number of rotatable bonds is 7.